The molecule has 4 N–H and O–H groups in total. The first kappa shape index (κ1) is 11.1. The average molecular weight is 228 g/mol. The van der Waals surface area contributed by atoms with Gasteiger partial charge in [0.05, 0.1) is 11.9 Å². The lowest BCUT2D eigenvalue weighted by atomic mass is 10.1. The summed E-state index contributed by atoms with van der Waals surface area (Å²) in [5, 5.41) is 0. The van der Waals surface area contributed by atoms with Gasteiger partial charge in [-0.3, -0.25) is 14.8 Å². The number of hydrogen-bond acceptors (Lipinski definition) is 5. The second-order valence-corrected chi connectivity index (χ2v) is 3.65. The monoisotopic (exact) mass is 228 g/mol. The third kappa shape index (κ3) is 2.57. The summed E-state index contributed by atoms with van der Waals surface area (Å²) in [5.74, 6) is -0.107. The van der Waals surface area contributed by atoms with E-state index in [1.165, 1.54) is 6.20 Å². The molecule has 0 saturated carbocycles. The van der Waals surface area contributed by atoms with Crippen molar-refractivity contribution in [1.29, 1.82) is 0 Å². The Bertz CT molecular complexity index is 536. The van der Waals surface area contributed by atoms with Crippen molar-refractivity contribution < 1.29 is 4.79 Å². The van der Waals surface area contributed by atoms with Gasteiger partial charge in [0.1, 0.15) is 5.69 Å². The lowest BCUT2D eigenvalue weighted by molar-refractivity contribution is 0.0988. The van der Waals surface area contributed by atoms with Crippen molar-refractivity contribution in [1.82, 2.24) is 9.97 Å². The molecular weight excluding hydrogens is 216 g/mol. The number of Topliss-reactive ketones (excluding diaryl/α,β-unsaturated/α-hetero) is 1. The normalized spacial score (nSPS) is 10.1. The summed E-state index contributed by atoms with van der Waals surface area (Å²) in [4.78, 5) is 19.8. The summed E-state index contributed by atoms with van der Waals surface area (Å²) in [5.41, 5.74) is 13.4. The Hall–Kier alpha value is -2.43. The quantitative estimate of drug-likeness (QED) is 0.766. The molecule has 0 aliphatic heterocycles. The molecule has 17 heavy (non-hydrogen) atoms. The average Bonchev–Trinajstić information content (AvgIpc) is 2.33. The Morgan fingerprint density at radius 3 is 2.65 bits per heavy atom. The first-order valence-electron chi connectivity index (χ1n) is 5.10. The van der Waals surface area contributed by atoms with Crippen LogP contribution in [0, 0.1) is 0 Å². The van der Waals surface area contributed by atoms with E-state index in [4.69, 9.17) is 11.5 Å². The van der Waals surface area contributed by atoms with Crippen LogP contribution in [-0.2, 0) is 6.42 Å². The lowest BCUT2D eigenvalue weighted by Crippen LogP contribution is -2.08. The molecule has 2 heterocycles. The van der Waals surface area contributed by atoms with Crippen LogP contribution in [0.3, 0.4) is 0 Å². The molecule has 5 heteroatoms. The molecule has 2 aromatic rings. The number of pyridine rings is 2. The first-order chi connectivity index (χ1) is 8.16. The predicted octanol–water partition coefficient (Wildman–Crippen LogP) is 1.07. The minimum absolute atomic E-state index is 0.107. The Kier molecular flexibility index (Phi) is 3.00. The Morgan fingerprint density at radius 1 is 1.18 bits per heavy atom. The molecule has 0 aromatic carbocycles. The molecule has 2 aromatic heterocycles. The first-order valence-corrected chi connectivity index (χ1v) is 5.10. The predicted molar refractivity (Wildman–Crippen MR) is 65.3 cm³/mol. The second kappa shape index (κ2) is 4.61. The molecule has 0 spiro atoms. The summed E-state index contributed by atoms with van der Waals surface area (Å²) in [6, 6.07) is 4.91. The molecule has 0 saturated heterocycles. The maximum atomic E-state index is 11.9. The zero-order chi connectivity index (χ0) is 12.3. The number of hydrogen-bond donors (Lipinski definition) is 2. The van der Waals surface area contributed by atoms with E-state index in [1.54, 1.807) is 30.6 Å². The van der Waals surface area contributed by atoms with Gasteiger partial charge in [0.2, 0.25) is 0 Å². The highest BCUT2D eigenvalue weighted by molar-refractivity contribution is 5.96. The summed E-state index contributed by atoms with van der Waals surface area (Å²) in [6.07, 6.45) is 4.83. The van der Waals surface area contributed by atoms with Crippen molar-refractivity contribution >= 4 is 17.2 Å². The van der Waals surface area contributed by atoms with E-state index in [0.29, 0.717) is 22.6 Å². The van der Waals surface area contributed by atoms with E-state index in [2.05, 4.69) is 9.97 Å². The number of ketones is 1. The van der Waals surface area contributed by atoms with Gasteiger partial charge < -0.3 is 11.5 Å². The highest BCUT2D eigenvalue weighted by Gasteiger charge is 2.10. The van der Waals surface area contributed by atoms with E-state index >= 15 is 0 Å². The maximum Gasteiger partial charge on any atom is 0.185 e. The highest BCUT2D eigenvalue weighted by atomic mass is 16.1. The van der Waals surface area contributed by atoms with Gasteiger partial charge in [0.25, 0.3) is 0 Å². The molecule has 0 unspecified atom stereocenters. The molecule has 2 rings (SSSR count). The van der Waals surface area contributed by atoms with Crippen molar-refractivity contribution in [3.63, 3.8) is 0 Å². The van der Waals surface area contributed by atoms with Crippen LogP contribution in [0.25, 0.3) is 0 Å². The molecule has 0 atom stereocenters. The zero-order valence-corrected chi connectivity index (χ0v) is 9.13. The van der Waals surface area contributed by atoms with Crippen LogP contribution in [0.15, 0.2) is 36.8 Å². The van der Waals surface area contributed by atoms with E-state index in [9.17, 15) is 4.79 Å². The maximum absolute atomic E-state index is 11.9. The smallest absolute Gasteiger partial charge is 0.185 e. The molecule has 0 bridgehead atoms. The Labute approximate surface area is 98.5 Å². The molecular formula is C12H12N4O. The van der Waals surface area contributed by atoms with Crippen molar-refractivity contribution in [2.24, 2.45) is 0 Å². The fraction of sp³-hybridized carbons (Fsp3) is 0.0833. The SMILES string of the molecule is Nc1ccc(C(=O)Cc2cnccc2N)nc1. The third-order valence-electron chi connectivity index (χ3n) is 2.36. The number of nitrogens with two attached hydrogens (primary N) is 2. The largest absolute Gasteiger partial charge is 0.398 e. The number of aromatic nitrogens is 2. The minimum atomic E-state index is -0.107. The van der Waals surface area contributed by atoms with E-state index in [0.717, 1.165) is 0 Å². The van der Waals surface area contributed by atoms with Crippen LogP contribution in [-0.4, -0.2) is 15.8 Å². The number of anilines is 2. The van der Waals surface area contributed by atoms with Crippen LogP contribution in [0.2, 0.25) is 0 Å². The Morgan fingerprint density at radius 2 is 2.00 bits per heavy atom. The fourth-order valence-corrected chi connectivity index (χ4v) is 1.42. The van der Waals surface area contributed by atoms with Crippen LogP contribution in [0.5, 0.6) is 0 Å². The number of nitrogen functional groups attached to an aromatic ring is 2. The van der Waals surface area contributed by atoms with Gasteiger partial charge >= 0.3 is 0 Å². The molecule has 0 aliphatic rings. The van der Waals surface area contributed by atoms with E-state index in [1.807, 2.05) is 0 Å². The molecule has 0 radical (unpaired) electrons. The summed E-state index contributed by atoms with van der Waals surface area (Å²) in [7, 11) is 0. The van der Waals surface area contributed by atoms with Crippen molar-refractivity contribution in [3.05, 3.63) is 48.0 Å². The van der Waals surface area contributed by atoms with Gasteiger partial charge in [-0.25, -0.2) is 0 Å². The third-order valence-corrected chi connectivity index (χ3v) is 2.36. The molecule has 0 fully saturated rings. The molecule has 0 amide bonds. The van der Waals surface area contributed by atoms with Crippen LogP contribution in [0.4, 0.5) is 11.4 Å². The van der Waals surface area contributed by atoms with Gasteiger partial charge in [-0.15, -0.1) is 0 Å². The van der Waals surface area contributed by atoms with Crippen molar-refractivity contribution in [3.8, 4) is 0 Å². The van der Waals surface area contributed by atoms with Gasteiger partial charge in [0.15, 0.2) is 5.78 Å². The summed E-state index contributed by atoms with van der Waals surface area (Å²) in [6.45, 7) is 0. The van der Waals surface area contributed by atoms with Crippen molar-refractivity contribution in [2.45, 2.75) is 6.42 Å². The topological polar surface area (TPSA) is 94.9 Å². The number of carbonyl (C=O) groups is 1. The van der Waals surface area contributed by atoms with Gasteiger partial charge in [0, 0.05) is 30.1 Å². The highest BCUT2D eigenvalue weighted by Crippen LogP contribution is 2.12. The van der Waals surface area contributed by atoms with Crippen LogP contribution < -0.4 is 11.5 Å². The van der Waals surface area contributed by atoms with Gasteiger partial charge in [-0.05, 0) is 18.2 Å². The van der Waals surface area contributed by atoms with E-state index in [-0.39, 0.29) is 12.2 Å². The van der Waals surface area contributed by atoms with Gasteiger partial charge in [-0.1, -0.05) is 0 Å². The zero-order valence-electron chi connectivity index (χ0n) is 9.13. The molecule has 86 valence electrons. The van der Waals surface area contributed by atoms with Gasteiger partial charge in [-0.2, -0.15) is 0 Å². The summed E-state index contributed by atoms with van der Waals surface area (Å²) >= 11 is 0. The standard InChI is InChI=1S/C12H12N4O/c13-9-1-2-11(16-7-9)12(17)5-8-6-15-4-3-10(8)14/h1-4,6-7H,5,13H2,(H2,14,15). The Balaban J connectivity index is 2.17. The number of nitrogens with zero attached hydrogens (tertiary/aromatic N) is 2. The van der Waals surface area contributed by atoms with Crippen molar-refractivity contribution in [2.75, 3.05) is 11.5 Å². The second-order valence-electron chi connectivity index (χ2n) is 3.65. The molecule has 0 aliphatic carbocycles. The van der Waals surface area contributed by atoms with Crippen LogP contribution in [0.1, 0.15) is 16.1 Å². The fourth-order valence-electron chi connectivity index (χ4n) is 1.42. The minimum Gasteiger partial charge on any atom is -0.398 e. The lowest BCUT2D eigenvalue weighted by Gasteiger charge is -2.03. The molecule has 5 nitrogen and oxygen atoms in total. The van der Waals surface area contributed by atoms with E-state index < -0.39 is 0 Å². The number of rotatable bonds is 3. The summed E-state index contributed by atoms with van der Waals surface area (Å²) < 4.78 is 0. The number of carbonyl (C=O) groups excluding carboxylic acids is 1. The van der Waals surface area contributed by atoms with Crippen LogP contribution >= 0.6 is 0 Å².